The van der Waals surface area contributed by atoms with Gasteiger partial charge in [-0.05, 0) is 0 Å². The van der Waals surface area contributed by atoms with Crippen molar-refractivity contribution < 1.29 is 6.51 Å². The van der Waals surface area contributed by atoms with Gasteiger partial charge in [0.1, 0.15) is 0 Å². The number of fused-ring (bicyclic) bond motifs is 10. The molecule has 114 valence electrons. The third-order valence-electron chi connectivity index (χ3n) is 17.3. The number of hydrogen-bond acceptors (Lipinski definition) is 0. The van der Waals surface area contributed by atoms with Crippen LogP contribution in [-0.4, -0.2) is 0 Å². The molecule has 4 atom stereocenters. The first kappa shape index (κ1) is 9.33. The first-order valence-electron chi connectivity index (χ1n) is 9.41. The third-order valence-corrected chi connectivity index (χ3v) is 59.9. The van der Waals surface area contributed by atoms with E-state index in [1.807, 2.05) is 0 Å². The van der Waals surface area contributed by atoms with Gasteiger partial charge in [0.25, 0.3) is 0 Å². The van der Waals surface area contributed by atoms with E-state index in [9.17, 15) is 0 Å². The van der Waals surface area contributed by atoms with Crippen molar-refractivity contribution in [1.29, 1.82) is 0 Å². The van der Waals surface area contributed by atoms with Gasteiger partial charge in [0.2, 0.25) is 0 Å². The first-order valence-corrected chi connectivity index (χ1v) is 15.7. The van der Waals surface area contributed by atoms with Gasteiger partial charge in [0.05, 0.1) is 0 Å². The Morgan fingerprint density at radius 2 is 1.38 bits per heavy atom. The van der Waals surface area contributed by atoms with E-state index in [-0.39, 0.29) is 0 Å². The molecule has 10 heterocycles. The number of rotatable bonds is 7. The predicted octanol–water partition coefficient (Wildman–Crippen LogP) is 6.68. The summed E-state index contributed by atoms with van der Waals surface area (Å²) in [6.45, 7) is 7.88. The predicted molar refractivity (Wildman–Crippen MR) is 83.4 cm³/mol. The van der Waals surface area contributed by atoms with E-state index in [0.29, 0.717) is 5.41 Å². The average molecular weight is 322 g/mol. The molecule has 0 N–H and O–H groups in total. The van der Waals surface area contributed by atoms with Crippen LogP contribution in [0.3, 0.4) is 0 Å². The van der Waals surface area contributed by atoms with Crippen molar-refractivity contribution in [2.24, 2.45) is 5.41 Å². The maximum absolute atomic E-state index is 4.21. The zero-order valence-corrected chi connectivity index (χ0v) is 14.1. The second kappa shape index (κ2) is 0.891. The van der Waals surface area contributed by atoms with Gasteiger partial charge in [-0.1, -0.05) is 0 Å². The molecule has 0 aromatic heterocycles. The van der Waals surface area contributed by atoms with Crippen LogP contribution >= 0.6 is 0 Å². The molecule has 10 saturated heterocycles. The Balaban J connectivity index is 1.41. The first-order chi connectivity index (χ1) is 9.98. The fraction of sp³-hybridized carbons (Fsp3) is 0.800. The van der Waals surface area contributed by atoms with E-state index >= 15 is 0 Å². The molecule has 0 aromatic rings. The molecule has 10 aliphatic rings. The summed E-state index contributed by atoms with van der Waals surface area (Å²) in [6.07, 6.45) is 10.2. The van der Waals surface area contributed by atoms with Crippen LogP contribution in [0, 0.1) is 5.41 Å². The number of allylic oxidation sites excluding steroid dienone is 2. The molecule has 0 radical (unpaired) electrons. The van der Waals surface area contributed by atoms with E-state index < -0.39 is 6.51 Å². The quantitative estimate of drug-likeness (QED) is 0.362. The van der Waals surface area contributed by atoms with Gasteiger partial charge in [-0.2, -0.15) is 0 Å². The van der Waals surface area contributed by atoms with Crippen LogP contribution < -0.4 is 0 Å². The van der Waals surface area contributed by atoms with Gasteiger partial charge >= 0.3 is 118 Å². The maximum atomic E-state index is 4.21. The summed E-state index contributed by atoms with van der Waals surface area (Å²) >= 11 is 0. The summed E-state index contributed by atoms with van der Waals surface area (Å²) in [5.41, 5.74) is 0.653. The summed E-state index contributed by atoms with van der Waals surface area (Å²) in [4.78, 5) is 13.1. The molecule has 1 spiro atoms. The van der Waals surface area contributed by atoms with Crippen LogP contribution in [0.2, 0.25) is 47.7 Å². The van der Waals surface area contributed by atoms with Crippen molar-refractivity contribution in [3.8, 4) is 0 Å². The normalized spacial score (nSPS) is 99.2. The van der Waals surface area contributed by atoms with Crippen LogP contribution in [0.4, 0.5) is 0 Å². The third kappa shape index (κ3) is 0.118. The molecular weight excluding hydrogens is 296 g/mol. The van der Waals surface area contributed by atoms with E-state index in [2.05, 4.69) is 32.2 Å². The minimum absolute atomic E-state index is 0.653. The van der Waals surface area contributed by atoms with Crippen molar-refractivity contribution in [3.63, 3.8) is 0 Å². The molecular formula is C20H26Fe. The number of hydrogen-bond donors (Lipinski definition) is 0. The Morgan fingerprint density at radius 3 is 1.62 bits per heavy atom. The van der Waals surface area contributed by atoms with Crippen molar-refractivity contribution in [1.82, 2.24) is 0 Å². The molecule has 10 aliphatic heterocycles. The van der Waals surface area contributed by atoms with Crippen LogP contribution in [0.5, 0.6) is 0 Å². The zero-order chi connectivity index (χ0) is 13.8. The van der Waals surface area contributed by atoms with Crippen molar-refractivity contribution in [3.05, 3.63) is 25.3 Å². The Bertz CT molecular complexity index is 986. The minimum atomic E-state index is -2.97. The monoisotopic (exact) mass is 322 g/mol. The van der Waals surface area contributed by atoms with Crippen molar-refractivity contribution in [2.45, 2.75) is 80.3 Å². The van der Waals surface area contributed by atoms with Gasteiger partial charge in [-0.3, -0.25) is 0 Å². The van der Waals surface area contributed by atoms with Gasteiger partial charge in [-0.25, -0.2) is 0 Å². The van der Waals surface area contributed by atoms with Gasteiger partial charge in [0.15, 0.2) is 0 Å². The van der Waals surface area contributed by atoms with Crippen LogP contribution in [0.25, 0.3) is 0 Å². The van der Waals surface area contributed by atoms with E-state index in [1.165, 1.54) is 69.0 Å². The Labute approximate surface area is 117 Å². The SMILES string of the molecule is C=CCC(CC=C)(CCC)[C]12[CH]3[CH]4[CH]5[CH]1[Fe]45321678[CH]2[CH]1[CH]6[CH]7[CH]28. The topological polar surface area (TPSA) is 0 Å². The fourth-order valence-electron chi connectivity index (χ4n) is 19.5. The fourth-order valence-corrected chi connectivity index (χ4v) is 95.6. The molecule has 0 saturated carbocycles. The standard InChI is InChI=1S/C15H21.C5H5.Fe/c1-4-11-15(12-5-2,13-6-3)14-9-7-8-10-14;1-2-4-5-3-1;/h4-5,7-10H,1-2,6,11-13H2,3H3;1-5H;. The Morgan fingerprint density at radius 1 is 0.905 bits per heavy atom. The zero-order valence-electron chi connectivity index (χ0n) is 12.9. The molecule has 1 heteroatoms. The summed E-state index contributed by atoms with van der Waals surface area (Å²) in [7, 11) is 0. The molecule has 10 fully saturated rings. The second-order valence-electron chi connectivity index (χ2n) is 12.7. The molecule has 4 unspecified atom stereocenters. The summed E-state index contributed by atoms with van der Waals surface area (Å²) < 4.78 is 1.02. The van der Waals surface area contributed by atoms with Gasteiger partial charge in [0, 0.05) is 0 Å². The van der Waals surface area contributed by atoms with E-state index in [4.69, 9.17) is 0 Å². The molecule has 0 bridgehead atoms. The summed E-state index contributed by atoms with van der Waals surface area (Å²) in [5.74, 6) is 0. The van der Waals surface area contributed by atoms with E-state index in [0.717, 1.165) is 4.31 Å². The van der Waals surface area contributed by atoms with Gasteiger partial charge in [-0.15, -0.1) is 0 Å². The van der Waals surface area contributed by atoms with Crippen molar-refractivity contribution in [2.75, 3.05) is 0 Å². The molecule has 0 aliphatic carbocycles. The molecule has 0 amide bonds. The van der Waals surface area contributed by atoms with Crippen LogP contribution in [0.1, 0.15) is 32.6 Å². The Hall–Kier alpha value is -0.000519. The van der Waals surface area contributed by atoms with Crippen LogP contribution in [0.15, 0.2) is 25.3 Å². The van der Waals surface area contributed by atoms with Crippen LogP contribution in [-0.2, 0) is 6.51 Å². The molecule has 0 aromatic carbocycles. The second-order valence-corrected chi connectivity index (χ2v) is 36.3. The summed E-state index contributed by atoms with van der Waals surface area (Å²) in [6, 6.07) is 0. The average Bonchev–Trinajstić information content (AvgIpc) is 3.40. The van der Waals surface area contributed by atoms with E-state index in [1.54, 1.807) is 0 Å². The summed E-state index contributed by atoms with van der Waals surface area (Å²) in [5, 5.41) is 0. The van der Waals surface area contributed by atoms with Crippen molar-refractivity contribution >= 4 is 0 Å². The van der Waals surface area contributed by atoms with Gasteiger partial charge < -0.3 is 0 Å². The Kier molecular flexibility index (Phi) is 0.396. The molecule has 0 nitrogen and oxygen atoms in total. The molecule has 10 rings (SSSR count). The molecule has 21 heavy (non-hydrogen) atoms.